The molecule has 5 heteroatoms. The lowest BCUT2D eigenvalue weighted by atomic mass is 10.1. The van der Waals surface area contributed by atoms with Crippen LogP contribution in [-0.2, 0) is 0 Å². The van der Waals surface area contributed by atoms with Crippen molar-refractivity contribution in [3.63, 3.8) is 0 Å². The fourth-order valence-corrected chi connectivity index (χ4v) is 1.78. The number of aromatic nitrogens is 3. The molecule has 2 N–H and O–H groups in total. The second-order valence-corrected chi connectivity index (χ2v) is 4.68. The Hall–Kier alpha value is -2.17. The van der Waals surface area contributed by atoms with Crippen LogP contribution in [0.25, 0.3) is 11.4 Å². The van der Waals surface area contributed by atoms with Gasteiger partial charge in [-0.3, -0.25) is 0 Å². The first-order valence-electron chi connectivity index (χ1n) is 6.17. The molecule has 0 aliphatic carbocycles. The average Bonchev–Trinajstić information content (AvgIpc) is 2.37. The molecule has 0 atom stereocenters. The molecule has 1 aromatic heterocycles. The highest BCUT2D eigenvalue weighted by Crippen LogP contribution is 2.29. The Labute approximate surface area is 112 Å². The molecule has 0 radical (unpaired) electrons. The third-order valence-electron chi connectivity index (χ3n) is 2.75. The van der Waals surface area contributed by atoms with Crippen LogP contribution in [0.2, 0.25) is 0 Å². The minimum Gasteiger partial charge on any atom is -0.496 e. The minimum atomic E-state index is 0.243. The SMILES string of the molecule is COc1ccc(N)cc1-c1nc(C)nc(C(C)C)n1. The molecular formula is C14H18N4O. The summed E-state index contributed by atoms with van der Waals surface area (Å²) in [6, 6.07) is 5.43. The Morgan fingerprint density at radius 3 is 2.53 bits per heavy atom. The van der Waals surface area contributed by atoms with Gasteiger partial charge in [-0.05, 0) is 25.1 Å². The summed E-state index contributed by atoms with van der Waals surface area (Å²) in [5.41, 5.74) is 7.27. The van der Waals surface area contributed by atoms with Crippen LogP contribution in [0.3, 0.4) is 0 Å². The Balaban J connectivity index is 2.61. The fourth-order valence-electron chi connectivity index (χ4n) is 1.78. The van der Waals surface area contributed by atoms with E-state index in [4.69, 9.17) is 10.5 Å². The van der Waals surface area contributed by atoms with Gasteiger partial charge in [0, 0.05) is 11.6 Å². The van der Waals surface area contributed by atoms with Gasteiger partial charge in [-0.1, -0.05) is 13.8 Å². The highest BCUT2D eigenvalue weighted by molar-refractivity contribution is 5.68. The smallest absolute Gasteiger partial charge is 0.167 e. The zero-order chi connectivity index (χ0) is 14.0. The van der Waals surface area contributed by atoms with Gasteiger partial charge in [-0.15, -0.1) is 0 Å². The summed E-state index contributed by atoms with van der Waals surface area (Å²) in [6.07, 6.45) is 0. The van der Waals surface area contributed by atoms with Gasteiger partial charge in [-0.25, -0.2) is 15.0 Å². The molecular weight excluding hydrogens is 240 g/mol. The van der Waals surface area contributed by atoms with Gasteiger partial charge in [0.05, 0.1) is 12.7 Å². The number of ether oxygens (including phenoxy) is 1. The maximum Gasteiger partial charge on any atom is 0.167 e. The van der Waals surface area contributed by atoms with Gasteiger partial charge < -0.3 is 10.5 Å². The number of hydrogen-bond acceptors (Lipinski definition) is 5. The molecule has 19 heavy (non-hydrogen) atoms. The molecule has 2 aromatic rings. The first-order valence-corrected chi connectivity index (χ1v) is 6.17. The lowest BCUT2D eigenvalue weighted by molar-refractivity contribution is 0.416. The van der Waals surface area contributed by atoms with Crippen LogP contribution >= 0.6 is 0 Å². The number of hydrogen-bond donors (Lipinski definition) is 1. The van der Waals surface area contributed by atoms with Crippen molar-refractivity contribution in [1.29, 1.82) is 0 Å². The van der Waals surface area contributed by atoms with Crippen molar-refractivity contribution in [1.82, 2.24) is 15.0 Å². The number of anilines is 1. The van der Waals surface area contributed by atoms with Crippen LogP contribution in [0.4, 0.5) is 5.69 Å². The third kappa shape index (κ3) is 2.81. The normalized spacial score (nSPS) is 10.8. The number of rotatable bonds is 3. The van der Waals surface area contributed by atoms with Crippen molar-refractivity contribution in [2.45, 2.75) is 26.7 Å². The highest BCUT2D eigenvalue weighted by atomic mass is 16.5. The predicted molar refractivity (Wildman–Crippen MR) is 75.1 cm³/mol. The highest BCUT2D eigenvalue weighted by Gasteiger charge is 2.13. The van der Waals surface area contributed by atoms with E-state index in [9.17, 15) is 0 Å². The van der Waals surface area contributed by atoms with Crippen LogP contribution in [0.1, 0.15) is 31.4 Å². The van der Waals surface area contributed by atoms with Gasteiger partial charge in [0.1, 0.15) is 17.4 Å². The molecule has 1 aromatic carbocycles. The second-order valence-electron chi connectivity index (χ2n) is 4.68. The van der Waals surface area contributed by atoms with E-state index in [-0.39, 0.29) is 5.92 Å². The van der Waals surface area contributed by atoms with Crippen LogP contribution in [0.15, 0.2) is 18.2 Å². The summed E-state index contributed by atoms with van der Waals surface area (Å²) in [5, 5.41) is 0. The fraction of sp³-hybridized carbons (Fsp3) is 0.357. The maximum atomic E-state index is 5.83. The van der Waals surface area contributed by atoms with Gasteiger partial charge >= 0.3 is 0 Å². The largest absolute Gasteiger partial charge is 0.496 e. The van der Waals surface area contributed by atoms with E-state index in [1.54, 1.807) is 13.2 Å². The van der Waals surface area contributed by atoms with Gasteiger partial charge in [0.15, 0.2) is 5.82 Å². The minimum absolute atomic E-state index is 0.243. The van der Waals surface area contributed by atoms with Crippen molar-refractivity contribution < 1.29 is 4.74 Å². The summed E-state index contributed by atoms with van der Waals surface area (Å²) in [6.45, 7) is 5.96. The van der Waals surface area contributed by atoms with Crippen molar-refractivity contribution >= 4 is 5.69 Å². The maximum absolute atomic E-state index is 5.83. The number of nitrogens with zero attached hydrogens (tertiary/aromatic N) is 3. The van der Waals surface area contributed by atoms with Crippen molar-refractivity contribution in [2.24, 2.45) is 0 Å². The number of nitrogen functional groups attached to an aromatic ring is 1. The van der Waals surface area contributed by atoms with E-state index in [0.29, 0.717) is 23.1 Å². The summed E-state index contributed by atoms with van der Waals surface area (Å²) in [4.78, 5) is 13.2. The second kappa shape index (κ2) is 5.22. The molecule has 0 unspecified atom stereocenters. The van der Waals surface area contributed by atoms with E-state index >= 15 is 0 Å². The predicted octanol–water partition coefficient (Wildman–Crippen LogP) is 2.56. The standard InChI is InChI=1S/C14H18N4O/c1-8(2)13-16-9(3)17-14(18-13)11-7-10(15)5-6-12(11)19-4/h5-8H,15H2,1-4H3. The molecule has 0 aliphatic heterocycles. The number of methoxy groups -OCH3 is 1. The summed E-state index contributed by atoms with van der Waals surface area (Å²) >= 11 is 0. The van der Waals surface area contributed by atoms with Crippen molar-refractivity contribution in [3.05, 3.63) is 29.8 Å². The average molecular weight is 258 g/mol. The van der Waals surface area contributed by atoms with Crippen LogP contribution in [0.5, 0.6) is 5.75 Å². The van der Waals surface area contributed by atoms with E-state index in [1.807, 2.05) is 19.1 Å². The van der Waals surface area contributed by atoms with E-state index in [2.05, 4.69) is 28.8 Å². The lowest BCUT2D eigenvalue weighted by Gasteiger charge is -2.11. The van der Waals surface area contributed by atoms with Gasteiger partial charge in [-0.2, -0.15) is 0 Å². The number of benzene rings is 1. The van der Waals surface area contributed by atoms with Crippen LogP contribution in [-0.4, -0.2) is 22.1 Å². The summed E-state index contributed by atoms with van der Waals surface area (Å²) in [7, 11) is 1.62. The molecule has 1 heterocycles. The lowest BCUT2D eigenvalue weighted by Crippen LogP contribution is -2.05. The molecule has 0 aliphatic rings. The summed E-state index contributed by atoms with van der Waals surface area (Å²) in [5.74, 6) is 3.01. The van der Waals surface area contributed by atoms with Gasteiger partial charge in [0.25, 0.3) is 0 Å². The van der Waals surface area contributed by atoms with E-state index < -0.39 is 0 Å². The topological polar surface area (TPSA) is 73.9 Å². The van der Waals surface area contributed by atoms with E-state index in [0.717, 1.165) is 11.4 Å². The molecule has 0 fully saturated rings. The van der Waals surface area contributed by atoms with Crippen LogP contribution < -0.4 is 10.5 Å². The van der Waals surface area contributed by atoms with Crippen LogP contribution in [0, 0.1) is 6.92 Å². The Morgan fingerprint density at radius 2 is 1.89 bits per heavy atom. The number of aryl methyl sites for hydroxylation is 1. The Bertz CT molecular complexity index is 596. The molecule has 0 spiro atoms. The third-order valence-corrected chi connectivity index (χ3v) is 2.75. The molecule has 2 rings (SSSR count). The van der Waals surface area contributed by atoms with E-state index in [1.165, 1.54) is 0 Å². The molecule has 0 saturated heterocycles. The van der Waals surface area contributed by atoms with Crippen molar-refractivity contribution in [2.75, 3.05) is 12.8 Å². The molecule has 0 bridgehead atoms. The Kier molecular flexibility index (Phi) is 3.64. The monoisotopic (exact) mass is 258 g/mol. The molecule has 100 valence electrons. The molecule has 0 amide bonds. The molecule has 0 saturated carbocycles. The quantitative estimate of drug-likeness (QED) is 0.856. The Morgan fingerprint density at radius 1 is 1.16 bits per heavy atom. The first kappa shape index (κ1) is 13.3. The zero-order valence-corrected chi connectivity index (χ0v) is 11.6. The number of nitrogens with two attached hydrogens (primary N) is 1. The molecule has 5 nitrogen and oxygen atoms in total. The first-order chi connectivity index (χ1) is 9.01. The van der Waals surface area contributed by atoms with Crippen molar-refractivity contribution in [3.8, 4) is 17.1 Å². The van der Waals surface area contributed by atoms with Gasteiger partial charge in [0.2, 0.25) is 0 Å². The zero-order valence-electron chi connectivity index (χ0n) is 11.6. The summed E-state index contributed by atoms with van der Waals surface area (Å²) < 4.78 is 5.34.